The lowest BCUT2D eigenvalue weighted by Crippen LogP contribution is -2.36. The molecule has 0 N–H and O–H groups in total. The molecule has 0 saturated heterocycles. The van der Waals surface area contributed by atoms with Crippen molar-refractivity contribution in [3.05, 3.63) is 306 Å². The standard InChI is InChI=1S/C50H39N3.C34H28N6/c1-49(2)39-23-10-11-24-40(39)50(3,4)42-31-38-37(30-41(42)49)45(32-17-6-5-7-18-32)35-21-8-9-22-36(35)46(38)33-19-16-20-34(29-33)48-52-47(43-25-12-14-27-51-43)44-26-13-15-28-53(44)48;1-21-8-12-27(35-17-21)31-29-14-10-23(3)19-39(29)33(37-31)25-6-5-7-26(16-25)34-38-32(28-13-9-22(2)18-36-28)30-15-11-24(4)20-40(30)34/h5-31H,1-4H3;5-20H,1-4H3. The highest BCUT2D eigenvalue weighted by molar-refractivity contribution is 6.22. The van der Waals surface area contributed by atoms with Crippen molar-refractivity contribution >= 4 is 38.1 Å². The summed E-state index contributed by atoms with van der Waals surface area (Å²) in [5.41, 5.74) is 26.1. The normalized spacial score (nSPS) is 13.1. The number of benzene rings is 7. The fraction of sp³-hybridized carbons (Fsp3) is 0.119. The van der Waals surface area contributed by atoms with Crippen molar-refractivity contribution < 1.29 is 0 Å². The number of nitrogens with zero attached hydrogens (tertiary/aromatic N) is 9. The lowest BCUT2D eigenvalue weighted by atomic mass is 9.59. The van der Waals surface area contributed by atoms with E-state index in [1.54, 1.807) is 0 Å². The maximum absolute atomic E-state index is 5.26. The summed E-state index contributed by atoms with van der Waals surface area (Å²) in [6.07, 6.45) is 12.0. The molecule has 9 heteroatoms. The Morgan fingerprint density at radius 2 is 0.720 bits per heavy atom. The van der Waals surface area contributed by atoms with Crippen LogP contribution in [-0.2, 0) is 10.8 Å². The van der Waals surface area contributed by atoms with Gasteiger partial charge in [-0.25, -0.2) is 15.0 Å². The van der Waals surface area contributed by atoms with E-state index < -0.39 is 0 Å². The molecule has 0 aliphatic heterocycles. The number of aromatic nitrogens is 9. The van der Waals surface area contributed by atoms with Gasteiger partial charge in [0.1, 0.15) is 34.6 Å². The largest absolute Gasteiger partial charge is 0.299 e. The smallest absolute Gasteiger partial charge is 0.145 e. The van der Waals surface area contributed by atoms with Crippen molar-refractivity contribution in [1.29, 1.82) is 0 Å². The van der Waals surface area contributed by atoms with Crippen LogP contribution in [0, 0.1) is 27.7 Å². The van der Waals surface area contributed by atoms with E-state index in [1.807, 2.05) is 62.8 Å². The second-order valence-electron chi connectivity index (χ2n) is 26.0. The van der Waals surface area contributed by atoms with Gasteiger partial charge >= 0.3 is 0 Å². The highest BCUT2D eigenvalue weighted by Gasteiger charge is 2.42. The quantitative estimate of drug-likeness (QED) is 0.141. The average molecular weight is 1200 g/mol. The van der Waals surface area contributed by atoms with E-state index >= 15 is 0 Å². The van der Waals surface area contributed by atoms with Crippen LogP contribution in [0.4, 0.5) is 0 Å². The molecule has 0 unspecified atom stereocenters. The first-order valence-corrected chi connectivity index (χ1v) is 31.9. The number of fused-ring (bicyclic) bond motifs is 7. The summed E-state index contributed by atoms with van der Waals surface area (Å²) in [5, 5.41) is 5.04. The van der Waals surface area contributed by atoms with E-state index in [0.717, 1.165) is 107 Å². The molecule has 9 heterocycles. The van der Waals surface area contributed by atoms with Crippen molar-refractivity contribution in [3.8, 4) is 90.6 Å². The molecule has 0 bridgehead atoms. The highest BCUT2D eigenvalue weighted by atomic mass is 15.1. The minimum atomic E-state index is -0.177. The van der Waals surface area contributed by atoms with Gasteiger partial charge < -0.3 is 0 Å². The fourth-order valence-corrected chi connectivity index (χ4v) is 14.3. The lowest BCUT2D eigenvalue weighted by molar-refractivity contribution is 0.522. The summed E-state index contributed by atoms with van der Waals surface area (Å²) in [6, 6.07) is 80.4. The Labute approximate surface area is 541 Å². The molecule has 0 fully saturated rings. The predicted octanol–water partition coefficient (Wildman–Crippen LogP) is 20.3. The maximum Gasteiger partial charge on any atom is 0.145 e. The molecule has 448 valence electrons. The summed E-state index contributed by atoms with van der Waals surface area (Å²) in [6.45, 7) is 17.9. The molecule has 9 nitrogen and oxygen atoms in total. The Morgan fingerprint density at radius 3 is 1.23 bits per heavy atom. The van der Waals surface area contributed by atoms with E-state index in [1.165, 1.54) is 66.1 Å². The molecule has 1 aliphatic rings. The van der Waals surface area contributed by atoms with Crippen molar-refractivity contribution in [2.45, 2.75) is 66.2 Å². The summed E-state index contributed by atoms with van der Waals surface area (Å²) in [4.78, 5) is 29.6. The Balaban J connectivity index is 0.000000154. The summed E-state index contributed by atoms with van der Waals surface area (Å²) >= 11 is 0. The maximum atomic E-state index is 5.26. The third-order valence-corrected chi connectivity index (χ3v) is 19.0. The molecule has 1 aliphatic carbocycles. The van der Waals surface area contributed by atoms with Gasteiger partial charge in [-0.2, -0.15) is 0 Å². The van der Waals surface area contributed by atoms with Gasteiger partial charge in [-0.05, 0) is 189 Å². The molecule has 9 aromatic heterocycles. The van der Waals surface area contributed by atoms with Gasteiger partial charge in [0.2, 0.25) is 0 Å². The molecule has 7 aromatic carbocycles. The van der Waals surface area contributed by atoms with Gasteiger partial charge in [0.15, 0.2) is 0 Å². The number of imidazole rings is 3. The zero-order valence-electron chi connectivity index (χ0n) is 53.4. The first-order chi connectivity index (χ1) is 45.3. The van der Waals surface area contributed by atoms with Gasteiger partial charge in [0.05, 0.1) is 33.6 Å². The molecule has 0 atom stereocenters. The number of aryl methyl sites for hydroxylation is 4. The van der Waals surface area contributed by atoms with Crippen LogP contribution in [0.5, 0.6) is 0 Å². The number of rotatable bonds is 8. The van der Waals surface area contributed by atoms with Gasteiger partial charge in [0, 0.05) is 64.7 Å². The third-order valence-electron chi connectivity index (χ3n) is 19.0. The van der Waals surface area contributed by atoms with Gasteiger partial charge in [-0.1, -0.05) is 179 Å². The molecule has 16 aromatic rings. The van der Waals surface area contributed by atoms with Crippen molar-refractivity contribution in [2.75, 3.05) is 0 Å². The van der Waals surface area contributed by atoms with E-state index in [9.17, 15) is 0 Å². The number of pyridine rings is 6. The second kappa shape index (κ2) is 22.2. The molecule has 0 saturated carbocycles. The predicted molar refractivity (Wildman–Crippen MR) is 381 cm³/mol. The molecular weight excluding hydrogens is 1130 g/mol. The van der Waals surface area contributed by atoms with Crippen molar-refractivity contribution in [2.24, 2.45) is 0 Å². The Kier molecular flexibility index (Phi) is 13.6. The van der Waals surface area contributed by atoms with E-state index in [-0.39, 0.29) is 10.8 Å². The van der Waals surface area contributed by atoms with E-state index in [2.05, 4.69) is 282 Å². The van der Waals surface area contributed by atoms with Crippen LogP contribution in [0.3, 0.4) is 0 Å². The third kappa shape index (κ3) is 9.61. The van der Waals surface area contributed by atoms with Crippen LogP contribution in [0.1, 0.15) is 72.2 Å². The van der Waals surface area contributed by atoms with Crippen LogP contribution in [0.15, 0.2) is 262 Å². The molecule has 0 radical (unpaired) electrons. The molecule has 0 spiro atoms. The zero-order chi connectivity index (χ0) is 63.3. The molecule has 0 amide bonds. The van der Waals surface area contributed by atoms with Crippen LogP contribution >= 0.6 is 0 Å². The zero-order valence-corrected chi connectivity index (χ0v) is 53.4. The lowest BCUT2D eigenvalue weighted by Gasteiger charge is -2.44. The highest BCUT2D eigenvalue weighted by Crippen LogP contribution is 2.54. The van der Waals surface area contributed by atoms with E-state index in [0.29, 0.717) is 0 Å². The van der Waals surface area contributed by atoms with Crippen LogP contribution in [0.25, 0.3) is 129 Å². The average Bonchev–Trinajstić information content (AvgIpc) is 1.35. The SMILES string of the molecule is CC1(C)c2ccccc2C(C)(C)c2cc3c(-c4cccc(-c5nc(-c6ccccn6)c6ccccn56)c4)c4ccccc4c(-c4ccccc4)c3cc21.Cc1ccc(-c2nc(-c3cccc(-c4nc(-c5ccc(C)cn5)c5ccc(C)cn45)c3)n3cc(C)ccc23)nc1. The summed E-state index contributed by atoms with van der Waals surface area (Å²) in [5.74, 6) is 2.64. The number of hydrogen-bond donors (Lipinski definition) is 0. The Bertz CT molecular complexity index is 5450. The summed E-state index contributed by atoms with van der Waals surface area (Å²) < 4.78 is 6.53. The van der Waals surface area contributed by atoms with Crippen LogP contribution in [-0.4, -0.2) is 43.1 Å². The topological polar surface area (TPSA) is 90.6 Å². The first kappa shape index (κ1) is 56.8. The monoisotopic (exact) mass is 1200 g/mol. The Morgan fingerprint density at radius 1 is 0.301 bits per heavy atom. The fourth-order valence-electron chi connectivity index (χ4n) is 14.3. The van der Waals surface area contributed by atoms with Crippen molar-refractivity contribution in [1.82, 2.24) is 43.1 Å². The minimum absolute atomic E-state index is 0.164. The number of hydrogen-bond acceptors (Lipinski definition) is 6. The van der Waals surface area contributed by atoms with Gasteiger partial charge in [-0.3, -0.25) is 28.2 Å². The Hall–Kier alpha value is -11.4. The van der Waals surface area contributed by atoms with Crippen LogP contribution < -0.4 is 0 Å². The van der Waals surface area contributed by atoms with E-state index in [4.69, 9.17) is 15.0 Å². The summed E-state index contributed by atoms with van der Waals surface area (Å²) in [7, 11) is 0. The molecular formula is C84H67N9. The first-order valence-electron chi connectivity index (χ1n) is 31.9. The van der Waals surface area contributed by atoms with Crippen LogP contribution in [0.2, 0.25) is 0 Å². The minimum Gasteiger partial charge on any atom is -0.299 e. The van der Waals surface area contributed by atoms with Gasteiger partial charge in [0.25, 0.3) is 0 Å². The molecule has 17 rings (SSSR count). The van der Waals surface area contributed by atoms with Crippen molar-refractivity contribution in [3.63, 3.8) is 0 Å². The second-order valence-corrected chi connectivity index (χ2v) is 26.0. The van der Waals surface area contributed by atoms with Gasteiger partial charge in [-0.15, -0.1) is 0 Å². The molecule has 93 heavy (non-hydrogen) atoms.